The lowest BCUT2D eigenvalue weighted by molar-refractivity contribution is -0.138. The van der Waals surface area contributed by atoms with Gasteiger partial charge in [0.1, 0.15) is 11.8 Å². The molecule has 100 valence electrons. The number of phenolic OH excluding ortho intramolecular Hbond substituents is 1. The van der Waals surface area contributed by atoms with Crippen molar-refractivity contribution in [3.63, 3.8) is 0 Å². The molecule has 0 saturated carbocycles. The molecule has 8 heteroatoms. The summed E-state index contributed by atoms with van der Waals surface area (Å²) in [4.78, 5) is 11.0. The third kappa shape index (κ3) is 4.32. The lowest BCUT2D eigenvalue weighted by atomic mass is 10.1. The average Bonchev–Trinajstić information content (AvgIpc) is 2.31. The summed E-state index contributed by atoms with van der Waals surface area (Å²) in [5.41, 5.74) is 0.596. The van der Waals surface area contributed by atoms with Crippen molar-refractivity contribution in [2.45, 2.75) is 12.5 Å². The van der Waals surface area contributed by atoms with Gasteiger partial charge < -0.3 is 10.2 Å². The van der Waals surface area contributed by atoms with Gasteiger partial charge in [-0.2, -0.15) is 13.1 Å². The van der Waals surface area contributed by atoms with Gasteiger partial charge in [0.2, 0.25) is 0 Å². The molecule has 1 aromatic rings. The summed E-state index contributed by atoms with van der Waals surface area (Å²) in [6, 6.07) is 4.59. The van der Waals surface area contributed by atoms with Crippen LogP contribution in [0.25, 0.3) is 0 Å². The predicted molar refractivity (Wildman–Crippen MR) is 64.3 cm³/mol. The number of hydrogen-bond donors (Lipinski definition) is 4. The quantitative estimate of drug-likeness (QED) is 0.555. The molecule has 0 radical (unpaired) electrons. The van der Waals surface area contributed by atoms with E-state index < -0.39 is 22.2 Å². The lowest BCUT2D eigenvalue weighted by Gasteiger charge is -2.14. The largest absolute Gasteiger partial charge is 0.508 e. The Morgan fingerprint density at radius 1 is 1.33 bits per heavy atom. The van der Waals surface area contributed by atoms with Crippen molar-refractivity contribution in [1.82, 2.24) is 9.44 Å². The molecule has 18 heavy (non-hydrogen) atoms. The Labute approximate surface area is 105 Å². The fourth-order valence-electron chi connectivity index (χ4n) is 1.29. The minimum Gasteiger partial charge on any atom is -0.508 e. The van der Waals surface area contributed by atoms with Crippen molar-refractivity contribution in [3.05, 3.63) is 29.8 Å². The van der Waals surface area contributed by atoms with Crippen molar-refractivity contribution >= 4 is 16.2 Å². The first-order valence-corrected chi connectivity index (χ1v) is 6.54. The smallest absolute Gasteiger partial charge is 0.322 e. The molecule has 0 aliphatic heterocycles. The maximum atomic E-state index is 11.2. The molecule has 0 aliphatic carbocycles. The van der Waals surface area contributed by atoms with E-state index in [4.69, 9.17) is 10.2 Å². The molecule has 0 saturated heterocycles. The second-order valence-electron chi connectivity index (χ2n) is 3.59. The van der Waals surface area contributed by atoms with Gasteiger partial charge >= 0.3 is 5.97 Å². The number of benzene rings is 1. The number of carboxylic acids is 1. The minimum atomic E-state index is -3.82. The first kappa shape index (κ1) is 14.4. The number of aromatic hydroxyl groups is 1. The summed E-state index contributed by atoms with van der Waals surface area (Å²) in [7, 11) is -2.64. The molecule has 1 atom stereocenters. The van der Waals surface area contributed by atoms with Gasteiger partial charge in [-0.15, -0.1) is 0 Å². The van der Waals surface area contributed by atoms with Gasteiger partial charge in [0, 0.05) is 7.05 Å². The number of phenols is 1. The van der Waals surface area contributed by atoms with E-state index in [9.17, 15) is 13.2 Å². The Bertz CT molecular complexity index is 512. The number of carboxylic acid groups (broad SMARTS) is 1. The molecule has 0 spiro atoms. The Kier molecular flexibility index (Phi) is 4.65. The highest BCUT2D eigenvalue weighted by atomic mass is 32.2. The van der Waals surface area contributed by atoms with E-state index in [0.29, 0.717) is 5.56 Å². The highest BCUT2D eigenvalue weighted by molar-refractivity contribution is 7.87. The first-order valence-electron chi connectivity index (χ1n) is 5.05. The van der Waals surface area contributed by atoms with Crippen LogP contribution >= 0.6 is 0 Å². The molecule has 4 N–H and O–H groups in total. The second kappa shape index (κ2) is 5.80. The monoisotopic (exact) mass is 274 g/mol. The minimum absolute atomic E-state index is 0.0173. The van der Waals surface area contributed by atoms with Gasteiger partial charge in [-0.3, -0.25) is 4.79 Å². The average molecular weight is 274 g/mol. The molecule has 1 aromatic carbocycles. The van der Waals surface area contributed by atoms with E-state index in [1.54, 1.807) is 0 Å². The molecule has 7 nitrogen and oxygen atoms in total. The standard InChI is InChI=1S/C10H14N2O5S/c1-11-18(16,17)12-9(10(14)15)6-7-2-4-8(13)5-3-7/h2-5,9,11-13H,6H2,1H3,(H,14,15)/t9-/m1/s1. The van der Waals surface area contributed by atoms with Crippen LogP contribution in [0.4, 0.5) is 0 Å². The summed E-state index contributed by atoms with van der Waals surface area (Å²) in [5.74, 6) is -1.22. The molecule has 0 heterocycles. The van der Waals surface area contributed by atoms with Gasteiger partial charge in [-0.25, -0.2) is 4.72 Å². The first-order chi connectivity index (χ1) is 8.34. The topological polar surface area (TPSA) is 116 Å². The van der Waals surface area contributed by atoms with E-state index in [1.807, 2.05) is 9.44 Å². The Hall–Kier alpha value is -1.64. The van der Waals surface area contributed by atoms with Crippen molar-refractivity contribution in [2.24, 2.45) is 0 Å². The van der Waals surface area contributed by atoms with E-state index in [-0.39, 0.29) is 12.2 Å². The molecule has 0 amide bonds. The highest BCUT2D eigenvalue weighted by Gasteiger charge is 2.23. The second-order valence-corrected chi connectivity index (χ2v) is 5.24. The van der Waals surface area contributed by atoms with E-state index in [2.05, 4.69) is 0 Å². The fourth-order valence-corrected chi connectivity index (χ4v) is 1.97. The molecule has 0 fully saturated rings. The Morgan fingerprint density at radius 3 is 2.33 bits per heavy atom. The van der Waals surface area contributed by atoms with Gasteiger partial charge in [0.25, 0.3) is 10.2 Å². The lowest BCUT2D eigenvalue weighted by Crippen LogP contribution is -2.46. The Morgan fingerprint density at radius 2 is 1.89 bits per heavy atom. The molecule has 0 unspecified atom stereocenters. The summed E-state index contributed by atoms with van der Waals surface area (Å²) < 4.78 is 26.4. The summed E-state index contributed by atoms with van der Waals surface area (Å²) in [6.07, 6.45) is -0.0173. The predicted octanol–water partition coefficient (Wildman–Crippen LogP) is -0.558. The maximum absolute atomic E-state index is 11.2. The molecule has 0 aromatic heterocycles. The third-order valence-electron chi connectivity index (χ3n) is 2.24. The molecule has 0 aliphatic rings. The van der Waals surface area contributed by atoms with Crippen LogP contribution in [0.15, 0.2) is 24.3 Å². The van der Waals surface area contributed by atoms with Gasteiger partial charge in [-0.05, 0) is 24.1 Å². The number of rotatable bonds is 6. The summed E-state index contributed by atoms with van der Waals surface area (Å²) >= 11 is 0. The van der Waals surface area contributed by atoms with Crippen LogP contribution in [0.2, 0.25) is 0 Å². The van der Waals surface area contributed by atoms with Crippen molar-refractivity contribution in [3.8, 4) is 5.75 Å². The molecular weight excluding hydrogens is 260 g/mol. The van der Waals surface area contributed by atoms with Crippen LogP contribution in [0.5, 0.6) is 5.75 Å². The van der Waals surface area contributed by atoms with Crippen LogP contribution in [0.1, 0.15) is 5.56 Å². The Balaban J connectivity index is 2.81. The van der Waals surface area contributed by atoms with Crippen molar-refractivity contribution < 1.29 is 23.4 Å². The summed E-state index contributed by atoms with van der Waals surface area (Å²) in [6.45, 7) is 0. The fraction of sp³-hybridized carbons (Fsp3) is 0.300. The number of hydrogen-bond acceptors (Lipinski definition) is 4. The van der Waals surface area contributed by atoms with E-state index >= 15 is 0 Å². The van der Waals surface area contributed by atoms with Crippen LogP contribution in [-0.4, -0.2) is 37.7 Å². The van der Waals surface area contributed by atoms with E-state index in [0.717, 1.165) is 0 Å². The number of carbonyl (C=O) groups is 1. The van der Waals surface area contributed by atoms with Crippen LogP contribution in [-0.2, 0) is 21.4 Å². The summed E-state index contributed by atoms with van der Waals surface area (Å²) in [5, 5.41) is 18.0. The SMILES string of the molecule is CNS(=O)(=O)N[C@H](Cc1ccc(O)cc1)C(=O)O. The van der Waals surface area contributed by atoms with Gasteiger partial charge in [0.05, 0.1) is 0 Å². The zero-order valence-corrected chi connectivity index (χ0v) is 10.4. The van der Waals surface area contributed by atoms with Crippen LogP contribution in [0.3, 0.4) is 0 Å². The van der Waals surface area contributed by atoms with Crippen molar-refractivity contribution in [2.75, 3.05) is 7.05 Å². The third-order valence-corrected chi connectivity index (χ3v) is 3.37. The molecule has 1 rings (SSSR count). The number of aliphatic carboxylic acids is 1. The maximum Gasteiger partial charge on any atom is 0.322 e. The van der Waals surface area contributed by atoms with Gasteiger partial charge in [0.15, 0.2) is 0 Å². The molecule has 0 bridgehead atoms. The van der Waals surface area contributed by atoms with Crippen LogP contribution in [0, 0.1) is 0 Å². The number of nitrogens with one attached hydrogen (secondary N) is 2. The normalized spacial score (nSPS) is 13.2. The van der Waals surface area contributed by atoms with Crippen LogP contribution < -0.4 is 9.44 Å². The zero-order chi connectivity index (χ0) is 13.8. The van der Waals surface area contributed by atoms with Crippen molar-refractivity contribution in [1.29, 1.82) is 0 Å². The molecular formula is C10H14N2O5S. The zero-order valence-electron chi connectivity index (χ0n) is 9.62. The van der Waals surface area contributed by atoms with Gasteiger partial charge in [-0.1, -0.05) is 12.1 Å². The highest BCUT2D eigenvalue weighted by Crippen LogP contribution is 2.11. The van der Waals surface area contributed by atoms with E-state index in [1.165, 1.54) is 31.3 Å².